The third-order valence-corrected chi connectivity index (χ3v) is 4.58. The summed E-state index contributed by atoms with van der Waals surface area (Å²) in [6, 6.07) is 2.90. The van der Waals surface area contributed by atoms with Crippen molar-refractivity contribution in [3.63, 3.8) is 0 Å². The first-order chi connectivity index (χ1) is 12.2. The lowest BCUT2D eigenvalue weighted by atomic mass is 10.0. The Labute approximate surface area is 152 Å². The first-order valence-electron chi connectivity index (χ1n) is 9.07. The summed E-state index contributed by atoms with van der Waals surface area (Å²) in [4.78, 5) is 15.0. The van der Waals surface area contributed by atoms with E-state index in [0.29, 0.717) is 16.8 Å². The molecule has 0 saturated carbocycles. The van der Waals surface area contributed by atoms with Gasteiger partial charge in [-0.25, -0.2) is 0 Å². The zero-order chi connectivity index (χ0) is 19.3. The van der Waals surface area contributed by atoms with Crippen molar-refractivity contribution in [1.82, 2.24) is 4.90 Å². The molecule has 1 N–H and O–H groups in total. The summed E-state index contributed by atoms with van der Waals surface area (Å²) in [5, 5.41) is 2.98. The van der Waals surface area contributed by atoms with Gasteiger partial charge in [-0.3, -0.25) is 9.69 Å². The fourth-order valence-electron chi connectivity index (χ4n) is 3.42. The Morgan fingerprint density at radius 3 is 2.50 bits per heavy atom. The van der Waals surface area contributed by atoms with Gasteiger partial charge in [-0.05, 0) is 69.5 Å². The number of benzene rings is 1. The predicted molar refractivity (Wildman–Crippen MR) is 95.6 cm³/mol. The Morgan fingerprint density at radius 1 is 1.27 bits per heavy atom. The molecular formula is C19H27F3N2O2. The number of carbonyl (C=O) groups excluding carboxylic acids is 1. The molecule has 1 amide bonds. The molecule has 0 radical (unpaired) electrons. The van der Waals surface area contributed by atoms with Crippen molar-refractivity contribution in [2.24, 2.45) is 0 Å². The summed E-state index contributed by atoms with van der Waals surface area (Å²) in [6.45, 7) is 6.10. The molecule has 1 aliphatic rings. The monoisotopic (exact) mass is 372 g/mol. The van der Waals surface area contributed by atoms with E-state index in [9.17, 15) is 18.0 Å². The van der Waals surface area contributed by atoms with Crippen molar-refractivity contribution >= 4 is 11.6 Å². The molecule has 146 valence electrons. The number of nitrogens with one attached hydrogen (secondary N) is 1. The molecule has 4 nitrogen and oxygen atoms in total. The summed E-state index contributed by atoms with van der Waals surface area (Å²) < 4.78 is 41.7. The number of likely N-dealkylation sites (tertiary alicyclic amines) is 1. The van der Waals surface area contributed by atoms with E-state index in [1.807, 2.05) is 0 Å². The Hall–Kier alpha value is -1.76. The third-order valence-electron chi connectivity index (χ3n) is 4.58. The number of hydrogen-bond acceptors (Lipinski definition) is 3. The number of piperidine rings is 1. The smallest absolute Gasteiger partial charge is 0.422 e. The molecule has 26 heavy (non-hydrogen) atoms. The number of carbonyl (C=O) groups is 1. The lowest BCUT2D eigenvalue weighted by molar-refractivity contribution is -0.153. The Morgan fingerprint density at radius 2 is 1.92 bits per heavy atom. The van der Waals surface area contributed by atoms with E-state index in [1.54, 1.807) is 13.8 Å². The third kappa shape index (κ3) is 5.62. The second-order valence-corrected chi connectivity index (χ2v) is 6.87. The van der Waals surface area contributed by atoms with E-state index in [-0.39, 0.29) is 17.7 Å². The molecule has 1 atom stereocenters. The number of halogens is 3. The van der Waals surface area contributed by atoms with Crippen LogP contribution in [0.3, 0.4) is 0 Å². The number of alkyl halides is 3. The van der Waals surface area contributed by atoms with Crippen LogP contribution in [0.5, 0.6) is 5.75 Å². The standard InChI is InChI=1S/C19H27F3N2O2/c1-4-8-24-9-6-5-7-16(24)18(25)23-17-13(2)10-15(11-14(17)3)26-12-19(20,21)22/h10-11,16H,4-9,12H2,1-3H3,(H,23,25). The van der Waals surface area contributed by atoms with Crippen LogP contribution in [-0.2, 0) is 4.79 Å². The fraction of sp³-hybridized carbons (Fsp3) is 0.632. The average Bonchev–Trinajstić information content (AvgIpc) is 2.56. The average molecular weight is 372 g/mol. The molecule has 0 aliphatic carbocycles. The van der Waals surface area contributed by atoms with E-state index in [2.05, 4.69) is 17.1 Å². The van der Waals surface area contributed by atoms with Crippen molar-refractivity contribution < 1.29 is 22.7 Å². The number of aryl methyl sites for hydroxylation is 2. The minimum Gasteiger partial charge on any atom is -0.484 e. The maximum absolute atomic E-state index is 12.8. The van der Waals surface area contributed by atoms with Gasteiger partial charge in [-0.1, -0.05) is 13.3 Å². The van der Waals surface area contributed by atoms with Gasteiger partial charge in [0.25, 0.3) is 0 Å². The number of amides is 1. The number of hydrogen-bond donors (Lipinski definition) is 1. The van der Waals surface area contributed by atoms with Crippen LogP contribution in [0, 0.1) is 13.8 Å². The zero-order valence-electron chi connectivity index (χ0n) is 15.6. The summed E-state index contributed by atoms with van der Waals surface area (Å²) in [5.41, 5.74) is 2.03. The van der Waals surface area contributed by atoms with E-state index < -0.39 is 12.8 Å². The van der Waals surface area contributed by atoms with E-state index in [0.717, 1.165) is 38.8 Å². The van der Waals surface area contributed by atoms with Gasteiger partial charge >= 0.3 is 6.18 Å². The molecular weight excluding hydrogens is 345 g/mol. The molecule has 1 saturated heterocycles. The summed E-state index contributed by atoms with van der Waals surface area (Å²) in [7, 11) is 0. The summed E-state index contributed by atoms with van der Waals surface area (Å²) in [6.07, 6.45) is -0.421. The first-order valence-corrected chi connectivity index (χ1v) is 9.07. The van der Waals surface area contributed by atoms with Gasteiger partial charge in [0.1, 0.15) is 5.75 Å². The van der Waals surface area contributed by atoms with Crippen molar-refractivity contribution in [2.75, 3.05) is 25.0 Å². The van der Waals surface area contributed by atoms with Crippen LogP contribution in [0.4, 0.5) is 18.9 Å². The van der Waals surface area contributed by atoms with Crippen LogP contribution < -0.4 is 10.1 Å². The first kappa shape index (κ1) is 20.6. The molecule has 2 rings (SSSR count). The van der Waals surface area contributed by atoms with Gasteiger partial charge in [-0.15, -0.1) is 0 Å². The highest BCUT2D eigenvalue weighted by atomic mass is 19.4. The molecule has 1 aromatic rings. The van der Waals surface area contributed by atoms with E-state index >= 15 is 0 Å². The summed E-state index contributed by atoms with van der Waals surface area (Å²) in [5.74, 6) is 0.105. The minimum atomic E-state index is -4.38. The molecule has 1 aromatic carbocycles. The molecule has 1 unspecified atom stereocenters. The summed E-state index contributed by atoms with van der Waals surface area (Å²) >= 11 is 0. The molecule has 0 aromatic heterocycles. The second kappa shape index (κ2) is 8.75. The van der Waals surface area contributed by atoms with Gasteiger partial charge in [0.05, 0.1) is 6.04 Å². The molecule has 0 spiro atoms. The molecule has 1 aliphatic heterocycles. The number of rotatable bonds is 6. The van der Waals surface area contributed by atoms with Gasteiger partial charge in [0, 0.05) is 5.69 Å². The van der Waals surface area contributed by atoms with Crippen LogP contribution >= 0.6 is 0 Å². The van der Waals surface area contributed by atoms with Gasteiger partial charge in [-0.2, -0.15) is 13.2 Å². The van der Waals surface area contributed by atoms with Gasteiger partial charge in [0.2, 0.25) is 5.91 Å². The zero-order valence-corrected chi connectivity index (χ0v) is 15.6. The van der Waals surface area contributed by atoms with Crippen LogP contribution in [0.1, 0.15) is 43.7 Å². The van der Waals surface area contributed by atoms with E-state index in [4.69, 9.17) is 4.74 Å². The Bertz CT molecular complexity index is 607. The highest BCUT2D eigenvalue weighted by molar-refractivity contribution is 5.96. The SMILES string of the molecule is CCCN1CCCCC1C(=O)Nc1c(C)cc(OCC(F)(F)F)cc1C. The highest BCUT2D eigenvalue weighted by Gasteiger charge is 2.30. The second-order valence-electron chi connectivity index (χ2n) is 6.87. The molecule has 1 fully saturated rings. The number of anilines is 1. The molecule has 7 heteroatoms. The normalized spacial score (nSPS) is 18.6. The van der Waals surface area contributed by atoms with E-state index in [1.165, 1.54) is 12.1 Å². The van der Waals surface area contributed by atoms with Crippen molar-refractivity contribution in [3.8, 4) is 5.75 Å². The van der Waals surface area contributed by atoms with Crippen molar-refractivity contribution in [1.29, 1.82) is 0 Å². The quantitative estimate of drug-likeness (QED) is 0.802. The highest BCUT2D eigenvalue weighted by Crippen LogP contribution is 2.29. The lowest BCUT2D eigenvalue weighted by Crippen LogP contribution is -2.47. The minimum absolute atomic E-state index is 0.0479. The van der Waals surface area contributed by atoms with Crippen LogP contribution in [0.2, 0.25) is 0 Å². The largest absolute Gasteiger partial charge is 0.484 e. The van der Waals surface area contributed by atoms with Gasteiger partial charge in [0.15, 0.2) is 6.61 Å². The number of ether oxygens (including phenoxy) is 1. The van der Waals surface area contributed by atoms with Gasteiger partial charge < -0.3 is 10.1 Å². The Balaban J connectivity index is 2.09. The fourth-order valence-corrected chi connectivity index (χ4v) is 3.42. The molecule has 1 heterocycles. The maximum Gasteiger partial charge on any atom is 0.422 e. The van der Waals surface area contributed by atoms with Crippen LogP contribution in [0.25, 0.3) is 0 Å². The Kier molecular flexibility index (Phi) is 6.92. The van der Waals surface area contributed by atoms with Crippen molar-refractivity contribution in [2.45, 2.75) is 58.7 Å². The maximum atomic E-state index is 12.8. The lowest BCUT2D eigenvalue weighted by Gasteiger charge is -2.34. The van der Waals surface area contributed by atoms with Crippen molar-refractivity contribution in [3.05, 3.63) is 23.3 Å². The number of nitrogens with zero attached hydrogens (tertiary/aromatic N) is 1. The molecule has 0 bridgehead atoms. The predicted octanol–water partition coefficient (Wildman–Crippen LogP) is 4.45. The van der Waals surface area contributed by atoms with Crippen LogP contribution in [0.15, 0.2) is 12.1 Å². The topological polar surface area (TPSA) is 41.6 Å². The van der Waals surface area contributed by atoms with Crippen LogP contribution in [-0.4, -0.2) is 42.7 Å².